The Morgan fingerprint density at radius 2 is 2.21 bits per heavy atom. The summed E-state index contributed by atoms with van der Waals surface area (Å²) in [4.78, 5) is 1.89. The van der Waals surface area contributed by atoms with Crippen LogP contribution in [-0.2, 0) is 0 Å². The van der Waals surface area contributed by atoms with Gasteiger partial charge in [0.15, 0.2) is 0 Å². The predicted octanol–water partition coefficient (Wildman–Crippen LogP) is 1.94. The second-order valence-corrected chi connectivity index (χ2v) is 3.19. The molecule has 0 aromatic heterocycles. The predicted molar refractivity (Wildman–Crippen MR) is 58.0 cm³/mol. The molecular weight excluding hydrogens is 172 g/mol. The van der Waals surface area contributed by atoms with Crippen molar-refractivity contribution in [3.05, 3.63) is 29.3 Å². The first-order chi connectivity index (χ1) is 6.69. The van der Waals surface area contributed by atoms with Gasteiger partial charge in [0.1, 0.15) is 6.07 Å². The van der Waals surface area contributed by atoms with Crippen molar-refractivity contribution in [3.63, 3.8) is 0 Å². The van der Waals surface area contributed by atoms with Crippen molar-refractivity contribution in [2.75, 3.05) is 18.5 Å². The molecule has 0 N–H and O–H groups in total. The Hall–Kier alpha value is -1.93. The third-order valence-electron chi connectivity index (χ3n) is 2.01. The van der Waals surface area contributed by atoms with Crippen molar-refractivity contribution in [1.82, 2.24) is 0 Å². The first-order valence-corrected chi connectivity index (χ1v) is 4.34. The molecule has 0 fully saturated rings. The van der Waals surface area contributed by atoms with Crippen LogP contribution in [0.4, 0.5) is 5.69 Å². The third kappa shape index (κ3) is 2.06. The highest BCUT2D eigenvalue weighted by molar-refractivity contribution is 5.60. The summed E-state index contributed by atoms with van der Waals surface area (Å²) in [5.41, 5.74) is 2.68. The van der Waals surface area contributed by atoms with Crippen LogP contribution in [0, 0.1) is 30.6 Å². The quantitative estimate of drug-likeness (QED) is 0.657. The highest BCUT2D eigenvalue weighted by Gasteiger charge is 2.05. The van der Waals surface area contributed by atoms with Gasteiger partial charge in [-0.05, 0) is 24.6 Å². The van der Waals surface area contributed by atoms with Crippen LogP contribution in [0.25, 0.3) is 0 Å². The average Bonchev–Trinajstić information content (AvgIpc) is 2.18. The molecule has 0 saturated carbocycles. The van der Waals surface area contributed by atoms with Gasteiger partial charge < -0.3 is 4.90 Å². The lowest BCUT2D eigenvalue weighted by molar-refractivity contribution is 1.04. The number of benzene rings is 1. The van der Waals surface area contributed by atoms with E-state index in [0.29, 0.717) is 12.1 Å². The largest absolute Gasteiger partial charge is 0.362 e. The summed E-state index contributed by atoms with van der Waals surface area (Å²) in [7, 11) is 1.88. The zero-order valence-corrected chi connectivity index (χ0v) is 8.41. The molecule has 0 bridgehead atoms. The van der Waals surface area contributed by atoms with Crippen molar-refractivity contribution < 1.29 is 0 Å². The number of aryl methyl sites for hydroxylation is 1. The van der Waals surface area contributed by atoms with Crippen LogP contribution in [0.15, 0.2) is 18.2 Å². The Bertz CT molecular complexity index is 407. The Labute approximate surface area is 84.8 Å². The van der Waals surface area contributed by atoms with E-state index in [0.717, 1.165) is 11.3 Å². The van der Waals surface area contributed by atoms with Gasteiger partial charge in [-0.2, -0.15) is 5.26 Å². The van der Waals surface area contributed by atoms with Crippen LogP contribution < -0.4 is 4.90 Å². The van der Waals surface area contributed by atoms with E-state index >= 15 is 0 Å². The van der Waals surface area contributed by atoms with Gasteiger partial charge in [0.05, 0.1) is 17.8 Å². The lowest BCUT2D eigenvalue weighted by atomic mass is 10.1. The summed E-state index contributed by atoms with van der Waals surface area (Å²) in [6.45, 7) is 2.51. The maximum Gasteiger partial charge on any atom is 0.101 e. The molecule has 1 rings (SSSR count). The van der Waals surface area contributed by atoms with Crippen LogP contribution in [0.2, 0.25) is 0 Å². The minimum Gasteiger partial charge on any atom is -0.362 e. The molecule has 0 aliphatic heterocycles. The Morgan fingerprint density at radius 3 is 2.79 bits per heavy atom. The first kappa shape index (κ1) is 10.2. The number of rotatable bonds is 2. The molecule has 0 heterocycles. The molecule has 2 nitrogen and oxygen atoms in total. The van der Waals surface area contributed by atoms with Crippen LogP contribution in [0.5, 0.6) is 0 Å². The molecule has 2 heteroatoms. The molecule has 0 saturated heterocycles. The zero-order valence-electron chi connectivity index (χ0n) is 8.41. The number of hydrogen-bond acceptors (Lipinski definition) is 2. The average molecular weight is 184 g/mol. The standard InChI is InChI=1S/C12H12N2/c1-4-7-14(3)12-8-10(2)5-6-11(12)9-13/h1,5-6,8H,7H2,2-3H3. The minimum absolute atomic E-state index is 0.512. The molecule has 0 radical (unpaired) electrons. The van der Waals surface area contributed by atoms with Gasteiger partial charge in [-0.3, -0.25) is 0 Å². The lowest BCUT2D eigenvalue weighted by Crippen LogP contribution is -2.18. The third-order valence-corrected chi connectivity index (χ3v) is 2.01. The highest BCUT2D eigenvalue weighted by atomic mass is 15.1. The highest BCUT2D eigenvalue weighted by Crippen LogP contribution is 2.19. The molecule has 14 heavy (non-hydrogen) atoms. The second kappa shape index (κ2) is 4.35. The summed E-state index contributed by atoms with van der Waals surface area (Å²) >= 11 is 0. The molecule has 0 unspecified atom stereocenters. The Balaban J connectivity index is 3.13. The fourth-order valence-electron chi connectivity index (χ4n) is 1.27. The van der Waals surface area contributed by atoms with E-state index < -0.39 is 0 Å². The summed E-state index contributed by atoms with van der Waals surface area (Å²) in [5, 5.41) is 8.90. The fraction of sp³-hybridized carbons (Fsp3) is 0.250. The first-order valence-electron chi connectivity index (χ1n) is 4.34. The van der Waals surface area contributed by atoms with Crippen molar-refractivity contribution in [2.24, 2.45) is 0 Å². The molecule has 1 aromatic carbocycles. The van der Waals surface area contributed by atoms with E-state index in [1.54, 1.807) is 0 Å². The molecule has 70 valence electrons. The van der Waals surface area contributed by atoms with E-state index in [2.05, 4.69) is 12.0 Å². The van der Waals surface area contributed by atoms with Gasteiger partial charge in [-0.15, -0.1) is 6.42 Å². The molecule has 0 amide bonds. The van der Waals surface area contributed by atoms with Crippen molar-refractivity contribution in [2.45, 2.75) is 6.92 Å². The van der Waals surface area contributed by atoms with Crippen LogP contribution >= 0.6 is 0 Å². The molecule has 0 spiro atoms. The molecular formula is C12H12N2. The zero-order chi connectivity index (χ0) is 10.6. The minimum atomic E-state index is 0.512. The van der Waals surface area contributed by atoms with Crippen molar-refractivity contribution in [3.8, 4) is 18.4 Å². The molecule has 1 aromatic rings. The molecule has 0 atom stereocenters. The van der Waals surface area contributed by atoms with E-state index in [4.69, 9.17) is 11.7 Å². The monoisotopic (exact) mass is 184 g/mol. The maximum absolute atomic E-state index is 8.90. The van der Waals surface area contributed by atoms with Gasteiger partial charge in [-0.1, -0.05) is 12.0 Å². The van der Waals surface area contributed by atoms with Gasteiger partial charge in [0.2, 0.25) is 0 Å². The van der Waals surface area contributed by atoms with E-state index in [1.165, 1.54) is 0 Å². The van der Waals surface area contributed by atoms with E-state index in [9.17, 15) is 0 Å². The van der Waals surface area contributed by atoms with E-state index in [1.807, 2.05) is 37.1 Å². The van der Waals surface area contributed by atoms with Crippen molar-refractivity contribution in [1.29, 1.82) is 5.26 Å². The number of terminal acetylenes is 1. The van der Waals surface area contributed by atoms with Gasteiger partial charge in [-0.25, -0.2) is 0 Å². The Morgan fingerprint density at radius 1 is 1.50 bits per heavy atom. The fourth-order valence-corrected chi connectivity index (χ4v) is 1.27. The molecule has 0 aliphatic carbocycles. The summed E-state index contributed by atoms with van der Waals surface area (Å²) in [6, 6.07) is 7.86. The maximum atomic E-state index is 8.90. The summed E-state index contributed by atoms with van der Waals surface area (Å²) < 4.78 is 0. The number of anilines is 1. The van der Waals surface area contributed by atoms with Crippen LogP contribution in [0.1, 0.15) is 11.1 Å². The Kier molecular flexibility index (Phi) is 3.15. The van der Waals surface area contributed by atoms with Gasteiger partial charge in [0.25, 0.3) is 0 Å². The van der Waals surface area contributed by atoms with E-state index in [-0.39, 0.29) is 0 Å². The number of hydrogen-bond donors (Lipinski definition) is 0. The topological polar surface area (TPSA) is 27.0 Å². The lowest BCUT2D eigenvalue weighted by Gasteiger charge is -2.17. The normalized spacial score (nSPS) is 8.86. The van der Waals surface area contributed by atoms with Gasteiger partial charge >= 0.3 is 0 Å². The smallest absolute Gasteiger partial charge is 0.101 e. The van der Waals surface area contributed by atoms with Crippen LogP contribution in [0.3, 0.4) is 0 Å². The summed E-state index contributed by atoms with van der Waals surface area (Å²) in [6.07, 6.45) is 5.22. The number of nitriles is 1. The summed E-state index contributed by atoms with van der Waals surface area (Å²) in [5.74, 6) is 2.55. The second-order valence-electron chi connectivity index (χ2n) is 3.19. The SMILES string of the molecule is C#CCN(C)c1cc(C)ccc1C#N. The molecule has 0 aliphatic rings. The number of nitrogens with zero attached hydrogens (tertiary/aromatic N) is 2. The van der Waals surface area contributed by atoms with Crippen molar-refractivity contribution >= 4 is 5.69 Å². The van der Waals surface area contributed by atoms with Gasteiger partial charge in [0, 0.05) is 7.05 Å². The van der Waals surface area contributed by atoms with Crippen LogP contribution in [-0.4, -0.2) is 13.6 Å².